The average molecular weight is 206 g/mol. The average Bonchev–Trinajstić information content (AvgIpc) is 2.26. The second-order valence-corrected chi connectivity index (χ2v) is 3.97. The fourth-order valence-electron chi connectivity index (χ4n) is 1.18. The van der Waals surface area contributed by atoms with Crippen LogP contribution in [0, 0.1) is 5.92 Å². The number of para-hydroxylation sites is 1. The highest BCUT2D eigenvalue weighted by molar-refractivity contribution is 5.91. The Morgan fingerprint density at radius 1 is 1.33 bits per heavy atom. The third-order valence-corrected chi connectivity index (χ3v) is 2.11. The molecule has 1 N–H and O–H groups in total. The molecular formula is C12H18N2O. The Bertz CT molecular complexity index is 309. The molecule has 1 aromatic carbocycles. The van der Waals surface area contributed by atoms with E-state index < -0.39 is 0 Å². The molecule has 0 bridgehead atoms. The van der Waals surface area contributed by atoms with E-state index >= 15 is 0 Å². The molecule has 15 heavy (non-hydrogen) atoms. The normalized spacial score (nSPS) is 10.1. The van der Waals surface area contributed by atoms with E-state index in [0.717, 1.165) is 5.69 Å². The molecule has 0 fully saturated rings. The number of hydrogen-bond donors (Lipinski definition) is 1. The van der Waals surface area contributed by atoms with Gasteiger partial charge in [-0.15, -0.1) is 0 Å². The van der Waals surface area contributed by atoms with Gasteiger partial charge in [-0.3, -0.25) is 4.90 Å². The summed E-state index contributed by atoms with van der Waals surface area (Å²) in [6, 6.07) is 9.53. The molecule has 3 heteroatoms. The van der Waals surface area contributed by atoms with Crippen LogP contribution in [0.2, 0.25) is 0 Å². The minimum absolute atomic E-state index is 0.0603. The van der Waals surface area contributed by atoms with E-state index in [2.05, 4.69) is 19.2 Å². The molecule has 0 heterocycles. The van der Waals surface area contributed by atoms with Crippen LogP contribution < -0.4 is 10.2 Å². The zero-order valence-corrected chi connectivity index (χ0v) is 9.53. The van der Waals surface area contributed by atoms with Crippen molar-refractivity contribution in [1.82, 2.24) is 5.32 Å². The Hall–Kier alpha value is -1.51. The summed E-state index contributed by atoms with van der Waals surface area (Å²) in [4.78, 5) is 13.3. The van der Waals surface area contributed by atoms with E-state index in [-0.39, 0.29) is 6.03 Å². The van der Waals surface area contributed by atoms with Gasteiger partial charge in [-0.05, 0) is 18.1 Å². The zero-order chi connectivity index (χ0) is 11.3. The molecule has 0 aliphatic rings. The van der Waals surface area contributed by atoms with Crippen molar-refractivity contribution < 1.29 is 4.79 Å². The summed E-state index contributed by atoms with van der Waals surface area (Å²) in [6.45, 7) is 4.85. The van der Waals surface area contributed by atoms with Gasteiger partial charge in [-0.1, -0.05) is 32.0 Å². The zero-order valence-electron chi connectivity index (χ0n) is 9.53. The van der Waals surface area contributed by atoms with Crippen LogP contribution in [-0.4, -0.2) is 19.6 Å². The van der Waals surface area contributed by atoms with Crippen LogP contribution in [-0.2, 0) is 0 Å². The quantitative estimate of drug-likeness (QED) is 0.809. The first-order valence-electron chi connectivity index (χ1n) is 5.18. The molecule has 0 spiro atoms. The molecule has 1 aromatic rings. The maximum Gasteiger partial charge on any atom is 0.321 e. The summed E-state index contributed by atoms with van der Waals surface area (Å²) in [6.07, 6.45) is 0. The van der Waals surface area contributed by atoms with E-state index in [1.165, 1.54) is 0 Å². The lowest BCUT2D eigenvalue weighted by Crippen LogP contribution is -2.38. The minimum Gasteiger partial charge on any atom is -0.337 e. The maximum atomic E-state index is 11.7. The van der Waals surface area contributed by atoms with Crippen molar-refractivity contribution in [2.75, 3.05) is 18.5 Å². The first-order valence-corrected chi connectivity index (χ1v) is 5.18. The molecule has 1 rings (SSSR count). The van der Waals surface area contributed by atoms with Gasteiger partial charge in [0.1, 0.15) is 0 Å². The molecule has 0 atom stereocenters. The largest absolute Gasteiger partial charge is 0.337 e. The summed E-state index contributed by atoms with van der Waals surface area (Å²) >= 11 is 0. The molecule has 0 radical (unpaired) electrons. The van der Waals surface area contributed by atoms with E-state index in [4.69, 9.17) is 0 Å². The van der Waals surface area contributed by atoms with Crippen molar-refractivity contribution in [3.8, 4) is 0 Å². The van der Waals surface area contributed by atoms with Gasteiger partial charge in [0.15, 0.2) is 0 Å². The topological polar surface area (TPSA) is 32.3 Å². The Balaban J connectivity index is 2.54. The number of urea groups is 1. The maximum absolute atomic E-state index is 11.7. The highest BCUT2D eigenvalue weighted by Crippen LogP contribution is 2.10. The van der Waals surface area contributed by atoms with E-state index in [1.54, 1.807) is 11.9 Å². The third kappa shape index (κ3) is 3.62. The van der Waals surface area contributed by atoms with Crippen molar-refractivity contribution in [2.45, 2.75) is 13.8 Å². The number of benzene rings is 1. The predicted molar refractivity (Wildman–Crippen MR) is 63.1 cm³/mol. The number of nitrogens with one attached hydrogen (secondary N) is 1. The number of rotatable bonds is 3. The van der Waals surface area contributed by atoms with Gasteiger partial charge in [0.05, 0.1) is 0 Å². The highest BCUT2D eigenvalue weighted by Gasteiger charge is 2.09. The SMILES string of the molecule is CC(C)CNC(=O)N(C)c1ccccc1. The van der Waals surface area contributed by atoms with Crippen LogP contribution in [0.25, 0.3) is 0 Å². The third-order valence-electron chi connectivity index (χ3n) is 2.11. The van der Waals surface area contributed by atoms with Gasteiger partial charge < -0.3 is 5.32 Å². The van der Waals surface area contributed by atoms with Crippen molar-refractivity contribution in [1.29, 1.82) is 0 Å². The van der Waals surface area contributed by atoms with E-state index in [1.807, 2.05) is 30.3 Å². The summed E-state index contributed by atoms with van der Waals surface area (Å²) in [7, 11) is 1.77. The second kappa shape index (κ2) is 5.39. The lowest BCUT2D eigenvalue weighted by Gasteiger charge is -2.18. The predicted octanol–water partition coefficient (Wildman–Crippen LogP) is 2.49. The van der Waals surface area contributed by atoms with Crippen molar-refractivity contribution in [2.24, 2.45) is 5.92 Å². The van der Waals surface area contributed by atoms with Crippen LogP contribution in [0.15, 0.2) is 30.3 Å². The summed E-state index contributed by atoms with van der Waals surface area (Å²) in [5.41, 5.74) is 0.902. The fourth-order valence-corrected chi connectivity index (χ4v) is 1.18. The van der Waals surface area contributed by atoms with Crippen molar-refractivity contribution in [3.63, 3.8) is 0 Å². The summed E-state index contributed by atoms with van der Waals surface area (Å²) in [5.74, 6) is 0.470. The highest BCUT2D eigenvalue weighted by atomic mass is 16.2. The lowest BCUT2D eigenvalue weighted by atomic mass is 10.2. The van der Waals surface area contributed by atoms with Gasteiger partial charge in [0.2, 0.25) is 0 Å². The molecule has 0 aromatic heterocycles. The smallest absolute Gasteiger partial charge is 0.321 e. The van der Waals surface area contributed by atoms with Crippen molar-refractivity contribution in [3.05, 3.63) is 30.3 Å². The molecule has 0 saturated carbocycles. The van der Waals surface area contributed by atoms with Crippen LogP contribution in [0.5, 0.6) is 0 Å². The fraction of sp³-hybridized carbons (Fsp3) is 0.417. The van der Waals surface area contributed by atoms with E-state index in [0.29, 0.717) is 12.5 Å². The summed E-state index contributed by atoms with van der Waals surface area (Å²) in [5, 5.41) is 2.87. The first-order chi connectivity index (χ1) is 7.11. The lowest BCUT2D eigenvalue weighted by molar-refractivity contribution is 0.246. The molecule has 0 saturated heterocycles. The molecular weight excluding hydrogens is 188 g/mol. The minimum atomic E-state index is -0.0603. The van der Waals surface area contributed by atoms with Crippen LogP contribution in [0.4, 0.5) is 10.5 Å². The molecule has 0 unspecified atom stereocenters. The van der Waals surface area contributed by atoms with Crippen LogP contribution >= 0.6 is 0 Å². The van der Waals surface area contributed by atoms with E-state index in [9.17, 15) is 4.79 Å². The molecule has 2 amide bonds. The first kappa shape index (κ1) is 11.6. The van der Waals surface area contributed by atoms with Gasteiger partial charge in [0.25, 0.3) is 0 Å². The van der Waals surface area contributed by atoms with Crippen LogP contribution in [0.3, 0.4) is 0 Å². The Morgan fingerprint density at radius 3 is 2.47 bits per heavy atom. The Kier molecular flexibility index (Phi) is 4.16. The van der Waals surface area contributed by atoms with Gasteiger partial charge >= 0.3 is 6.03 Å². The number of carbonyl (C=O) groups is 1. The summed E-state index contributed by atoms with van der Waals surface area (Å²) < 4.78 is 0. The monoisotopic (exact) mass is 206 g/mol. The Morgan fingerprint density at radius 2 is 1.93 bits per heavy atom. The number of nitrogens with zero attached hydrogens (tertiary/aromatic N) is 1. The Labute approximate surface area is 91.1 Å². The molecule has 0 aliphatic heterocycles. The molecule has 0 aliphatic carbocycles. The number of carbonyl (C=O) groups excluding carboxylic acids is 1. The van der Waals surface area contributed by atoms with Gasteiger partial charge in [0, 0.05) is 19.3 Å². The number of hydrogen-bond acceptors (Lipinski definition) is 1. The van der Waals surface area contributed by atoms with Crippen LogP contribution in [0.1, 0.15) is 13.8 Å². The standard InChI is InChI=1S/C12H18N2O/c1-10(2)9-13-12(15)14(3)11-7-5-4-6-8-11/h4-8,10H,9H2,1-3H3,(H,13,15). The van der Waals surface area contributed by atoms with Crippen molar-refractivity contribution >= 4 is 11.7 Å². The van der Waals surface area contributed by atoms with Gasteiger partial charge in [-0.25, -0.2) is 4.79 Å². The number of amides is 2. The van der Waals surface area contributed by atoms with Gasteiger partial charge in [-0.2, -0.15) is 0 Å². The molecule has 82 valence electrons. The number of anilines is 1. The second-order valence-electron chi connectivity index (χ2n) is 3.97. The molecule has 3 nitrogen and oxygen atoms in total.